The Morgan fingerprint density at radius 1 is 1.17 bits per heavy atom. The molecule has 0 spiro atoms. The minimum atomic E-state index is -1.47. The summed E-state index contributed by atoms with van der Waals surface area (Å²) in [5, 5.41) is 31.7. The van der Waals surface area contributed by atoms with Crippen molar-refractivity contribution in [3.8, 4) is 5.75 Å². The Morgan fingerprint density at radius 2 is 1.88 bits per heavy atom. The molecule has 1 aliphatic heterocycles. The second-order valence-electron chi connectivity index (χ2n) is 5.33. The highest BCUT2D eigenvalue weighted by molar-refractivity contribution is 5.60. The topological polar surface area (TPSA) is 171 Å². The molecule has 11 heteroatoms. The number of nitrogens with one attached hydrogen (secondary N) is 2. The molecule has 3 rings (SSSR count). The standard InChI is InChI=1S/C13H13N3O8/c17-5-1-2-16(13(23)15-5)12-11(22)7(18)4(24-12)3-14-6-8(19)10(21)9(6)20/h1-2,4,7,11-12,14,18-19,22H,3H2,(H,15,17,23)/t4-,7-,11-,12-/m1/s1. The maximum Gasteiger partial charge on any atom is 0.330 e. The fraction of sp³-hybridized carbons (Fsp3) is 0.385. The van der Waals surface area contributed by atoms with Gasteiger partial charge in [0.25, 0.3) is 16.4 Å². The van der Waals surface area contributed by atoms with Crippen molar-refractivity contribution < 1.29 is 20.1 Å². The molecule has 1 aromatic carbocycles. The highest BCUT2D eigenvalue weighted by Crippen LogP contribution is 2.28. The molecule has 4 atom stereocenters. The Labute approximate surface area is 132 Å². The van der Waals surface area contributed by atoms with E-state index in [1.54, 1.807) is 0 Å². The van der Waals surface area contributed by atoms with Gasteiger partial charge in [0.1, 0.15) is 24.0 Å². The second kappa shape index (κ2) is 5.70. The van der Waals surface area contributed by atoms with Crippen LogP contribution in [0.5, 0.6) is 5.75 Å². The summed E-state index contributed by atoms with van der Waals surface area (Å²) in [6, 6.07) is 1.05. The maximum atomic E-state index is 11.7. The molecule has 24 heavy (non-hydrogen) atoms. The summed E-state index contributed by atoms with van der Waals surface area (Å²) in [4.78, 5) is 46.9. The van der Waals surface area contributed by atoms with E-state index >= 15 is 0 Å². The van der Waals surface area contributed by atoms with E-state index in [0.717, 1.165) is 16.8 Å². The van der Waals surface area contributed by atoms with Gasteiger partial charge in [-0.05, 0) is 0 Å². The third-order valence-electron chi connectivity index (χ3n) is 3.83. The number of H-pyrrole nitrogens is 1. The monoisotopic (exact) mass is 339 g/mol. The van der Waals surface area contributed by atoms with Crippen molar-refractivity contribution in [2.45, 2.75) is 24.5 Å². The van der Waals surface area contributed by atoms with E-state index in [9.17, 15) is 34.5 Å². The van der Waals surface area contributed by atoms with Crippen molar-refractivity contribution >= 4 is 5.69 Å². The summed E-state index contributed by atoms with van der Waals surface area (Å²) >= 11 is 0. The molecule has 1 aliphatic rings. The molecule has 0 unspecified atom stereocenters. The van der Waals surface area contributed by atoms with Crippen LogP contribution in [-0.4, -0.2) is 49.7 Å². The molecule has 2 aromatic rings. The van der Waals surface area contributed by atoms with E-state index in [4.69, 9.17) is 4.74 Å². The predicted octanol–water partition coefficient (Wildman–Crippen LogP) is -3.43. The highest BCUT2D eigenvalue weighted by atomic mass is 16.6. The van der Waals surface area contributed by atoms with Crippen LogP contribution in [0.15, 0.2) is 31.4 Å². The zero-order valence-electron chi connectivity index (χ0n) is 12.0. The number of ether oxygens (including phenoxy) is 1. The van der Waals surface area contributed by atoms with Gasteiger partial charge < -0.3 is 25.4 Å². The lowest BCUT2D eigenvalue weighted by Crippen LogP contribution is -2.39. The number of nitrogens with zero attached hydrogens (tertiary/aromatic N) is 1. The number of aromatic nitrogens is 2. The van der Waals surface area contributed by atoms with E-state index in [1.807, 2.05) is 4.98 Å². The molecule has 0 aliphatic carbocycles. The molecular formula is C13H13N3O8. The summed E-state index contributed by atoms with van der Waals surface area (Å²) < 4.78 is 6.29. The van der Waals surface area contributed by atoms with E-state index in [1.165, 1.54) is 0 Å². The highest BCUT2D eigenvalue weighted by Gasteiger charge is 2.44. The van der Waals surface area contributed by atoms with Crippen molar-refractivity contribution in [3.63, 3.8) is 0 Å². The van der Waals surface area contributed by atoms with Crippen LogP contribution >= 0.6 is 0 Å². The number of anilines is 1. The Hall–Kier alpha value is -2.76. The molecule has 0 saturated carbocycles. The molecular weight excluding hydrogens is 326 g/mol. The molecule has 1 saturated heterocycles. The molecule has 0 bridgehead atoms. The molecule has 128 valence electrons. The van der Waals surface area contributed by atoms with Crippen LogP contribution in [-0.2, 0) is 4.74 Å². The van der Waals surface area contributed by atoms with Crippen molar-refractivity contribution in [2.75, 3.05) is 11.9 Å². The first-order valence-electron chi connectivity index (χ1n) is 6.90. The van der Waals surface area contributed by atoms with Crippen LogP contribution in [0.3, 0.4) is 0 Å². The Bertz CT molecular complexity index is 953. The Balaban J connectivity index is 1.75. The normalized spacial score (nSPS) is 26.8. The average Bonchev–Trinajstić information content (AvgIpc) is 2.83. The lowest BCUT2D eigenvalue weighted by atomic mass is 10.1. The van der Waals surface area contributed by atoms with E-state index in [0.29, 0.717) is 0 Å². The van der Waals surface area contributed by atoms with Crippen molar-refractivity contribution in [1.82, 2.24) is 9.55 Å². The minimum Gasteiger partial charge on any atom is -0.502 e. The van der Waals surface area contributed by atoms with Gasteiger partial charge in [0.05, 0.1) is 0 Å². The van der Waals surface area contributed by atoms with Gasteiger partial charge in [0.2, 0.25) is 0 Å². The molecule has 2 heterocycles. The lowest BCUT2D eigenvalue weighted by Gasteiger charge is -2.17. The van der Waals surface area contributed by atoms with Gasteiger partial charge in [-0.15, -0.1) is 0 Å². The summed E-state index contributed by atoms with van der Waals surface area (Å²) in [6.07, 6.45) is -4.05. The predicted molar refractivity (Wildman–Crippen MR) is 78.8 cm³/mol. The number of rotatable bonds is 4. The molecule has 0 radical (unpaired) electrons. The Kier molecular flexibility index (Phi) is 3.83. The molecule has 1 fully saturated rings. The number of aromatic amines is 1. The van der Waals surface area contributed by atoms with Gasteiger partial charge >= 0.3 is 5.69 Å². The van der Waals surface area contributed by atoms with Crippen LogP contribution in [0, 0.1) is 0 Å². The summed E-state index contributed by atoms with van der Waals surface area (Å²) in [5.74, 6) is -0.707. The fourth-order valence-corrected chi connectivity index (χ4v) is 2.50. The molecule has 5 N–H and O–H groups in total. The van der Waals surface area contributed by atoms with Gasteiger partial charge in [-0.2, -0.15) is 0 Å². The average molecular weight is 339 g/mol. The quantitative estimate of drug-likeness (QED) is 0.356. The van der Waals surface area contributed by atoms with Gasteiger partial charge in [0, 0.05) is 18.8 Å². The first kappa shape index (κ1) is 16.1. The van der Waals surface area contributed by atoms with Crippen molar-refractivity contribution in [1.29, 1.82) is 0 Å². The molecule has 0 amide bonds. The second-order valence-corrected chi connectivity index (χ2v) is 5.33. The maximum absolute atomic E-state index is 11.7. The van der Waals surface area contributed by atoms with Crippen LogP contribution in [0.1, 0.15) is 6.23 Å². The largest absolute Gasteiger partial charge is 0.502 e. The van der Waals surface area contributed by atoms with E-state index < -0.39 is 52.4 Å². The number of hydrogen-bond acceptors (Lipinski definition) is 9. The fourth-order valence-electron chi connectivity index (χ4n) is 2.50. The van der Waals surface area contributed by atoms with Crippen LogP contribution in [0.4, 0.5) is 5.69 Å². The summed E-state index contributed by atoms with van der Waals surface area (Å²) in [5.41, 5.74) is -3.66. The first-order valence-corrected chi connectivity index (χ1v) is 6.90. The molecule has 11 nitrogen and oxygen atoms in total. The van der Waals surface area contributed by atoms with Gasteiger partial charge in [-0.25, -0.2) is 4.79 Å². The van der Waals surface area contributed by atoms with Crippen LogP contribution in [0.2, 0.25) is 0 Å². The number of aliphatic hydroxyl groups excluding tert-OH is 2. The van der Waals surface area contributed by atoms with E-state index in [2.05, 4.69) is 5.32 Å². The van der Waals surface area contributed by atoms with Gasteiger partial charge in [-0.1, -0.05) is 0 Å². The van der Waals surface area contributed by atoms with Crippen molar-refractivity contribution in [3.05, 3.63) is 53.5 Å². The number of aromatic hydroxyl groups is 1. The van der Waals surface area contributed by atoms with E-state index in [-0.39, 0.29) is 12.2 Å². The third-order valence-corrected chi connectivity index (χ3v) is 3.83. The zero-order chi connectivity index (χ0) is 17.6. The molecule has 1 aromatic heterocycles. The van der Waals surface area contributed by atoms with Gasteiger partial charge in [-0.3, -0.25) is 23.9 Å². The lowest BCUT2D eigenvalue weighted by molar-refractivity contribution is -0.0363. The SMILES string of the molecule is O=c1ccn([C@@H]2O[C@H](CNc3c(O)c(=O)c3=O)[C@@H](O)[C@H]2O)c(=O)[nH]1. The smallest absolute Gasteiger partial charge is 0.330 e. The van der Waals surface area contributed by atoms with Crippen LogP contribution < -0.4 is 27.4 Å². The first-order chi connectivity index (χ1) is 11.3. The summed E-state index contributed by atoms with van der Waals surface area (Å²) in [7, 11) is 0. The van der Waals surface area contributed by atoms with Crippen LogP contribution in [0.25, 0.3) is 0 Å². The number of hydrogen-bond donors (Lipinski definition) is 5. The van der Waals surface area contributed by atoms with Crippen molar-refractivity contribution in [2.24, 2.45) is 0 Å². The summed E-state index contributed by atoms with van der Waals surface area (Å²) in [6.45, 7) is -0.203. The third kappa shape index (κ3) is 2.44. The zero-order valence-corrected chi connectivity index (χ0v) is 12.0. The number of aliphatic hydroxyl groups is 2. The van der Waals surface area contributed by atoms with Gasteiger partial charge in [0.15, 0.2) is 12.0 Å². The Morgan fingerprint density at radius 3 is 2.50 bits per heavy atom. The minimum absolute atomic E-state index is 0.203.